The van der Waals surface area contributed by atoms with E-state index in [9.17, 15) is 9.90 Å². The van der Waals surface area contributed by atoms with Crippen LogP contribution >= 0.6 is 0 Å². The van der Waals surface area contributed by atoms with Gasteiger partial charge in [-0.3, -0.25) is 4.79 Å². The molecule has 0 bridgehead atoms. The molecule has 15 heavy (non-hydrogen) atoms. The smallest absolute Gasteiger partial charge is 0.254 e. The zero-order chi connectivity index (χ0) is 11.1. The average Bonchev–Trinajstić information content (AvgIpc) is 2.70. The molecule has 84 valence electrons. The molecule has 0 aliphatic carbocycles. The van der Waals surface area contributed by atoms with Crippen molar-refractivity contribution in [2.45, 2.75) is 12.5 Å². The van der Waals surface area contributed by atoms with Gasteiger partial charge in [0, 0.05) is 13.7 Å². The molecule has 0 saturated carbocycles. The van der Waals surface area contributed by atoms with Gasteiger partial charge >= 0.3 is 0 Å². The van der Waals surface area contributed by atoms with Crippen LogP contribution < -0.4 is 5.32 Å². The molecule has 0 radical (unpaired) electrons. The van der Waals surface area contributed by atoms with E-state index in [-0.39, 0.29) is 12.5 Å². The first-order valence-electron chi connectivity index (χ1n) is 4.71. The molecule has 1 rings (SSSR count). The molecule has 1 heterocycles. The van der Waals surface area contributed by atoms with Crippen LogP contribution in [0.5, 0.6) is 0 Å². The fraction of sp³-hybridized carbons (Fsp3) is 0.500. The highest BCUT2D eigenvalue weighted by Gasteiger charge is 2.07. The van der Waals surface area contributed by atoms with Crippen molar-refractivity contribution in [3.63, 3.8) is 0 Å². The Labute approximate surface area is 88.0 Å². The van der Waals surface area contributed by atoms with E-state index in [1.807, 2.05) is 0 Å². The lowest BCUT2D eigenvalue weighted by Crippen LogP contribution is -2.28. The number of hydrogen-bond donors (Lipinski definition) is 2. The number of nitrogens with one attached hydrogen (secondary N) is 1. The van der Waals surface area contributed by atoms with Crippen LogP contribution in [0.2, 0.25) is 0 Å². The number of furan rings is 1. The summed E-state index contributed by atoms with van der Waals surface area (Å²) in [6.07, 6.45) is 2.74. The molecule has 5 heteroatoms. The van der Waals surface area contributed by atoms with Crippen LogP contribution in [-0.4, -0.2) is 37.4 Å². The van der Waals surface area contributed by atoms with Crippen molar-refractivity contribution in [3.05, 3.63) is 24.2 Å². The molecule has 0 spiro atoms. The largest absolute Gasteiger partial charge is 0.472 e. The second kappa shape index (κ2) is 6.21. The zero-order valence-corrected chi connectivity index (χ0v) is 8.60. The summed E-state index contributed by atoms with van der Waals surface area (Å²) >= 11 is 0. The highest BCUT2D eigenvalue weighted by Crippen LogP contribution is 1.99. The third kappa shape index (κ3) is 4.14. The number of methoxy groups -OCH3 is 1. The van der Waals surface area contributed by atoms with E-state index in [0.29, 0.717) is 18.5 Å². The van der Waals surface area contributed by atoms with Crippen molar-refractivity contribution >= 4 is 5.91 Å². The normalized spacial score (nSPS) is 12.4. The van der Waals surface area contributed by atoms with Crippen molar-refractivity contribution in [1.29, 1.82) is 0 Å². The average molecular weight is 213 g/mol. The van der Waals surface area contributed by atoms with E-state index >= 15 is 0 Å². The number of hydrogen-bond acceptors (Lipinski definition) is 4. The quantitative estimate of drug-likeness (QED) is 0.717. The molecule has 0 aliphatic heterocycles. The summed E-state index contributed by atoms with van der Waals surface area (Å²) in [5.74, 6) is -0.201. The third-order valence-electron chi connectivity index (χ3n) is 1.91. The molecule has 1 aromatic heterocycles. The van der Waals surface area contributed by atoms with Crippen LogP contribution in [0.4, 0.5) is 0 Å². The van der Waals surface area contributed by atoms with Crippen molar-refractivity contribution in [2.24, 2.45) is 0 Å². The van der Waals surface area contributed by atoms with Crippen molar-refractivity contribution < 1.29 is 19.1 Å². The molecule has 0 saturated heterocycles. The number of ether oxygens (including phenoxy) is 1. The maximum absolute atomic E-state index is 11.4. The minimum Gasteiger partial charge on any atom is -0.472 e. The molecular weight excluding hydrogens is 198 g/mol. The summed E-state index contributed by atoms with van der Waals surface area (Å²) in [5, 5.41) is 12.0. The zero-order valence-electron chi connectivity index (χ0n) is 8.60. The second-order valence-electron chi connectivity index (χ2n) is 3.17. The first-order chi connectivity index (χ1) is 7.24. The van der Waals surface area contributed by atoms with E-state index in [0.717, 1.165) is 0 Å². The van der Waals surface area contributed by atoms with Gasteiger partial charge in [-0.05, 0) is 12.5 Å². The molecular formula is C10H15NO4. The fourth-order valence-corrected chi connectivity index (χ4v) is 1.12. The van der Waals surface area contributed by atoms with Gasteiger partial charge in [0.2, 0.25) is 0 Å². The first-order valence-corrected chi connectivity index (χ1v) is 4.71. The summed E-state index contributed by atoms with van der Waals surface area (Å²) in [4.78, 5) is 11.4. The van der Waals surface area contributed by atoms with E-state index in [1.54, 1.807) is 6.07 Å². The van der Waals surface area contributed by atoms with Gasteiger partial charge in [0.1, 0.15) is 6.26 Å². The second-order valence-corrected chi connectivity index (χ2v) is 3.17. The summed E-state index contributed by atoms with van der Waals surface area (Å²) in [7, 11) is 1.52. The molecule has 1 atom stereocenters. The SMILES string of the molecule is COCC(O)CCNC(=O)c1ccoc1. The Morgan fingerprint density at radius 1 is 1.73 bits per heavy atom. The van der Waals surface area contributed by atoms with E-state index in [4.69, 9.17) is 9.15 Å². The van der Waals surface area contributed by atoms with Gasteiger partial charge in [-0.15, -0.1) is 0 Å². The monoisotopic (exact) mass is 213 g/mol. The van der Waals surface area contributed by atoms with Crippen LogP contribution in [0.25, 0.3) is 0 Å². The Kier molecular flexibility index (Phi) is 4.86. The predicted molar refractivity (Wildman–Crippen MR) is 53.5 cm³/mol. The predicted octanol–water partition coefficient (Wildman–Crippen LogP) is 0.407. The third-order valence-corrected chi connectivity index (χ3v) is 1.91. The van der Waals surface area contributed by atoms with Gasteiger partial charge < -0.3 is 19.6 Å². The van der Waals surface area contributed by atoms with Crippen molar-refractivity contribution in [2.75, 3.05) is 20.3 Å². The van der Waals surface area contributed by atoms with Gasteiger partial charge in [-0.1, -0.05) is 0 Å². The lowest BCUT2D eigenvalue weighted by molar-refractivity contribution is 0.0587. The van der Waals surface area contributed by atoms with Crippen molar-refractivity contribution in [3.8, 4) is 0 Å². The minimum atomic E-state index is -0.542. The molecule has 0 aromatic carbocycles. The number of carbonyl (C=O) groups is 1. The van der Waals surface area contributed by atoms with Crippen LogP contribution in [0.1, 0.15) is 16.8 Å². The van der Waals surface area contributed by atoms with Gasteiger partial charge in [0.05, 0.1) is 24.5 Å². The summed E-state index contributed by atoms with van der Waals surface area (Å²) < 4.78 is 9.53. The van der Waals surface area contributed by atoms with Gasteiger partial charge in [-0.2, -0.15) is 0 Å². The van der Waals surface area contributed by atoms with Gasteiger partial charge in [-0.25, -0.2) is 0 Å². The number of aliphatic hydroxyl groups excluding tert-OH is 1. The van der Waals surface area contributed by atoms with Gasteiger partial charge in [0.25, 0.3) is 5.91 Å². The Balaban J connectivity index is 2.18. The first kappa shape index (κ1) is 11.7. The van der Waals surface area contributed by atoms with Crippen LogP contribution in [0.3, 0.4) is 0 Å². The number of amides is 1. The Morgan fingerprint density at radius 2 is 2.53 bits per heavy atom. The summed E-state index contributed by atoms with van der Waals surface area (Å²) in [5.41, 5.74) is 0.483. The molecule has 0 aliphatic rings. The lowest BCUT2D eigenvalue weighted by atomic mass is 10.2. The lowest BCUT2D eigenvalue weighted by Gasteiger charge is -2.09. The number of rotatable bonds is 6. The molecule has 1 amide bonds. The minimum absolute atomic E-state index is 0.201. The Bertz CT molecular complexity index is 284. The highest BCUT2D eigenvalue weighted by atomic mass is 16.5. The van der Waals surface area contributed by atoms with Crippen molar-refractivity contribution in [1.82, 2.24) is 5.32 Å². The molecule has 2 N–H and O–H groups in total. The Morgan fingerprint density at radius 3 is 3.13 bits per heavy atom. The topological polar surface area (TPSA) is 71.7 Å². The van der Waals surface area contributed by atoms with E-state index in [2.05, 4.69) is 5.32 Å². The van der Waals surface area contributed by atoms with Gasteiger partial charge in [0.15, 0.2) is 0 Å². The van der Waals surface area contributed by atoms with Crippen LogP contribution in [-0.2, 0) is 4.74 Å². The standard InChI is InChI=1S/C10H15NO4/c1-14-7-9(12)2-4-11-10(13)8-3-5-15-6-8/h3,5-6,9,12H,2,4,7H2,1H3,(H,11,13). The molecule has 1 unspecified atom stereocenters. The maximum Gasteiger partial charge on any atom is 0.254 e. The van der Waals surface area contributed by atoms with E-state index in [1.165, 1.54) is 19.6 Å². The van der Waals surface area contributed by atoms with Crippen LogP contribution in [0, 0.1) is 0 Å². The summed E-state index contributed by atoms with van der Waals surface area (Å²) in [6, 6.07) is 1.58. The Hall–Kier alpha value is -1.33. The summed E-state index contributed by atoms with van der Waals surface area (Å²) in [6.45, 7) is 0.691. The highest BCUT2D eigenvalue weighted by molar-refractivity contribution is 5.93. The molecule has 0 fully saturated rings. The molecule has 1 aromatic rings. The van der Waals surface area contributed by atoms with Crippen LogP contribution in [0.15, 0.2) is 23.0 Å². The molecule has 5 nitrogen and oxygen atoms in total. The van der Waals surface area contributed by atoms with E-state index < -0.39 is 6.10 Å². The maximum atomic E-state index is 11.4. The number of aliphatic hydroxyl groups is 1. The number of carbonyl (C=O) groups excluding carboxylic acids is 1. The fourth-order valence-electron chi connectivity index (χ4n) is 1.12.